The van der Waals surface area contributed by atoms with Gasteiger partial charge in [0.15, 0.2) is 6.79 Å². The number of methoxy groups -OCH3 is 1. The van der Waals surface area contributed by atoms with Gasteiger partial charge in [0.05, 0.1) is 5.02 Å². The predicted octanol–water partition coefficient (Wildman–Crippen LogP) is 2.04. The minimum atomic E-state index is 0.209. The summed E-state index contributed by atoms with van der Waals surface area (Å²) in [6.45, 7) is 0.931. The van der Waals surface area contributed by atoms with E-state index in [9.17, 15) is 0 Å². The SMILES string of the molecule is CNCc1cccc(Cl)c1OCOC. The summed E-state index contributed by atoms with van der Waals surface area (Å²) in [5.41, 5.74) is 1.03. The summed E-state index contributed by atoms with van der Waals surface area (Å²) in [6, 6.07) is 5.66. The zero-order valence-electron chi connectivity index (χ0n) is 8.34. The van der Waals surface area contributed by atoms with Crippen LogP contribution < -0.4 is 10.1 Å². The van der Waals surface area contributed by atoms with Crippen LogP contribution in [0.5, 0.6) is 5.75 Å². The van der Waals surface area contributed by atoms with Crippen LogP contribution in [-0.2, 0) is 11.3 Å². The lowest BCUT2D eigenvalue weighted by Crippen LogP contribution is -2.08. The molecule has 0 spiro atoms. The number of hydrogen-bond acceptors (Lipinski definition) is 3. The second-order valence-electron chi connectivity index (χ2n) is 2.81. The van der Waals surface area contributed by atoms with Crippen molar-refractivity contribution in [2.75, 3.05) is 21.0 Å². The van der Waals surface area contributed by atoms with E-state index < -0.39 is 0 Å². The summed E-state index contributed by atoms with van der Waals surface area (Å²) < 4.78 is 10.2. The van der Waals surface area contributed by atoms with Crippen molar-refractivity contribution >= 4 is 11.6 Å². The fraction of sp³-hybridized carbons (Fsp3) is 0.400. The maximum atomic E-state index is 5.99. The number of hydrogen-bond donors (Lipinski definition) is 1. The molecule has 0 amide bonds. The lowest BCUT2D eigenvalue weighted by molar-refractivity contribution is 0.0504. The number of benzene rings is 1. The zero-order chi connectivity index (χ0) is 10.4. The summed E-state index contributed by atoms with van der Waals surface area (Å²) in [5, 5.41) is 3.65. The van der Waals surface area contributed by atoms with Crippen molar-refractivity contribution in [3.63, 3.8) is 0 Å². The second kappa shape index (κ2) is 5.86. The van der Waals surface area contributed by atoms with Crippen LogP contribution in [0.1, 0.15) is 5.56 Å². The van der Waals surface area contributed by atoms with E-state index in [1.54, 1.807) is 13.2 Å². The van der Waals surface area contributed by atoms with Gasteiger partial charge < -0.3 is 14.8 Å². The van der Waals surface area contributed by atoms with E-state index in [0.29, 0.717) is 10.8 Å². The molecular weight excluding hydrogens is 202 g/mol. The molecule has 1 rings (SSSR count). The molecule has 14 heavy (non-hydrogen) atoms. The molecule has 0 heterocycles. The maximum absolute atomic E-state index is 5.99. The zero-order valence-corrected chi connectivity index (χ0v) is 9.10. The topological polar surface area (TPSA) is 30.5 Å². The first-order valence-electron chi connectivity index (χ1n) is 4.33. The van der Waals surface area contributed by atoms with Gasteiger partial charge in [0.2, 0.25) is 0 Å². The molecule has 0 aliphatic rings. The number of halogens is 1. The molecule has 1 aromatic carbocycles. The van der Waals surface area contributed by atoms with Gasteiger partial charge in [0, 0.05) is 19.2 Å². The normalized spacial score (nSPS) is 10.2. The number of para-hydroxylation sites is 1. The molecule has 0 unspecified atom stereocenters. The lowest BCUT2D eigenvalue weighted by atomic mass is 10.2. The van der Waals surface area contributed by atoms with Crippen LogP contribution in [0, 0.1) is 0 Å². The minimum absolute atomic E-state index is 0.209. The molecule has 0 aliphatic carbocycles. The van der Waals surface area contributed by atoms with Crippen molar-refractivity contribution in [3.8, 4) is 5.75 Å². The molecule has 3 nitrogen and oxygen atoms in total. The smallest absolute Gasteiger partial charge is 0.188 e. The molecule has 4 heteroatoms. The molecule has 0 saturated carbocycles. The molecule has 0 fully saturated rings. The van der Waals surface area contributed by atoms with Crippen molar-refractivity contribution in [1.82, 2.24) is 5.32 Å². The highest BCUT2D eigenvalue weighted by Gasteiger charge is 2.06. The molecule has 0 aromatic heterocycles. The Morgan fingerprint density at radius 1 is 1.43 bits per heavy atom. The molecule has 0 radical (unpaired) electrons. The van der Waals surface area contributed by atoms with Crippen molar-refractivity contribution in [1.29, 1.82) is 0 Å². The van der Waals surface area contributed by atoms with E-state index in [2.05, 4.69) is 5.32 Å². The Morgan fingerprint density at radius 3 is 2.86 bits per heavy atom. The molecule has 0 atom stereocenters. The van der Waals surface area contributed by atoms with E-state index in [-0.39, 0.29) is 6.79 Å². The van der Waals surface area contributed by atoms with Gasteiger partial charge >= 0.3 is 0 Å². The summed E-state index contributed by atoms with van der Waals surface area (Å²) in [6.07, 6.45) is 0. The molecule has 1 aromatic rings. The van der Waals surface area contributed by atoms with E-state index in [4.69, 9.17) is 21.1 Å². The summed E-state index contributed by atoms with van der Waals surface area (Å²) in [4.78, 5) is 0. The monoisotopic (exact) mass is 215 g/mol. The highest BCUT2D eigenvalue weighted by molar-refractivity contribution is 6.32. The van der Waals surface area contributed by atoms with Crippen LogP contribution in [0.15, 0.2) is 18.2 Å². The van der Waals surface area contributed by atoms with E-state index >= 15 is 0 Å². The van der Waals surface area contributed by atoms with Crippen molar-refractivity contribution in [2.24, 2.45) is 0 Å². The summed E-state index contributed by atoms with van der Waals surface area (Å²) >= 11 is 5.99. The Kier molecular flexibility index (Phi) is 4.73. The first-order valence-corrected chi connectivity index (χ1v) is 4.71. The third-order valence-electron chi connectivity index (χ3n) is 1.74. The average molecular weight is 216 g/mol. The molecule has 0 saturated heterocycles. The van der Waals surface area contributed by atoms with Gasteiger partial charge in [-0.15, -0.1) is 0 Å². The summed E-state index contributed by atoms with van der Waals surface area (Å²) in [5.74, 6) is 0.686. The Labute approximate surface area is 89.0 Å². The van der Waals surface area contributed by atoms with Crippen molar-refractivity contribution in [3.05, 3.63) is 28.8 Å². The quantitative estimate of drug-likeness (QED) is 0.763. The van der Waals surface area contributed by atoms with Crippen LogP contribution in [0.3, 0.4) is 0 Å². The average Bonchev–Trinajstić information content (AvgIpc) is 2.18. The van der Waals surface area contributed by atoms with Gasteiger partial charge in [0.1, 0.15) is 5.75 Å². The molecule has 78 valence electrons. The van der Waals surface area contributed by atoms with Gasteiger partial charge in [-0.05, 0) is 13.1 Å². The van der Waals surface area contributed by atoms with Crippen LogP contribution >= 0.6 is 11.6 Å². The number of nitrogens with one attached hydrogen (secondary N) is 1. The number of rotatable bonds is 5. The van der Waals surface area contributed by atoms with Gasteiger partial charge in [0.25, 0.3) is 0 Å². The van der Waals surface area contributed by atoms with Crippen LogP contribution in [0.2, 0.25) is 5.02 Å². The van der Waals surface area contributed by atoms with Crippen LogP contribution in [0.25, 0.3) is 0 Å². The predicted molar refractivity (Wildman–Crippen MR) is 56.7 cm³/mol. The third-order valence-corrected chi connectivity index (χ3v) is 2.03. The Bertz CT molecular complexity index is 291. The highest BCUT2D eigenvalue weighted by Crippen LogP contribution is 2.28. The maximum Gasteiger partial charge on any atom is 0.188 e. The molecular formula is C10H14ClNO2. The number of ether oxygens (including phenoxy) is 2. The first kappa shape index (κ1) is 11.3. The standard InChI is InChI=1S/C10H14ClNO2/c1-12-6-8-4-3-5-9(11)10(8)14-7-13-2/h3-5,12H,6-7H2,1-2H3. The minimum Gasteiger partial charge on any atom is -0.466 e. The van der Waals surface area contributed by atoms with E-state index in [0.717, 1.165) is 12.1 Å². The van der Waals surface area contributed by atoms with Gasteiger partial charge in [-0.3, -0.25) is 0 Å². The van der Waals surface area contributed by atoms with Crippen LogP contribution in [-0.4, -0.2) is 21.0 Å². The van der Waals surface area contributed by atoms with Crippen LogP contribution in [0.4, 0.5) is 0 Å². The highest BCUT2D eigenvalue weighted by atomic mass is 35.5. The Morgan fingerprint density at radius 2 is 2.21 bits per heavy atom. The molecule has 0 bridgehead atoms. The summed E-state index contributed by atoms with van der Waals surface area (Å²) in [7, 11) is 3.45. The van der Waals surface area contributed by atoms with E-state index in [1.165, 1.54) is 0 Å². The van der Waals surface area contributed by atoms with E-state index in [1.807, 2.05) is 19.2 Å². The fourth-order valence-corrected chi connectivity index (χ4v) is 1.41. The van der Waals surface area contributed by atoms with Crippen molar-refractivity contribution in [2.45, 2.75) is 6.54 Å². The van der Waals surface area contributed by atoms with Gasteiger partial charge in [-0.25, -0.2) is 0 Å². The fourth-order valence-electron chi connectivity index (χ4n) is 1.16. The lowest BCUT2D eigenvalue weighted by Gasteiger charge is -2.11. The first-order chi connectivity index (χ1) is 6.79. The Hall–Kier alpha value is -0.770. The largest absolute Gasteiger partial charge is 0.466 e. The molecule has 0 aliphatic heterocycles. The van der Waals surface area contributed by atoms with Gasteiger partial charge in [-0.2, -0.15) is 0 Å². The van der Waals surface area contributed by atoms with Crippen molar-refractivity contribution < 1.29 is 9.47 Å². The third kappa shape index (κ3) is 2.87. The van der Waals surface area contributed by atoms with Gasteiger partial charge in [-0.1, -0.05) is 23.7 Å². The molecule has 1 N–H and O–H groups in total. The second-order valence-corrected chi connectivity index (χ2v) is 3.22. The Balaban J connectivity index is 2.84.